The number of hydrogen-bond acceptors (Lipinski definition) is 3. The Morgan fingerprint density at radius 1 is 1.38 bits per heavy atom. The van der Waals surface area contributed by atoms with Crippen LogP contribution in [-0.4, -0.2) is 26.4 Å². The molecule has 3 fully saturated rings. The zero-order valence-electron chi connectivity index (χ0n) is 7.53. The largest absolute Gasteiger partial charge is 0.374 e. The molecular weight excluding hydrogens is 190 g/mol. The second-order valence-electron chi connectivity index (χ2n) is 4.24. The molecule has 4 nitrogen and oxygen atoms in total. The summed E-state index contributed by atoms with van der Waals surface area (Å²) in [5, 5.41) is 5.04. The molecule has 2 N–H and O–H groups in total. The van der Waals surface area contributed by atoms with Crippen LogP contribution in [0.3, 0.4) is 0 Å². The standard InChI is InChI=1S/C8H15NO3S/c9-13(10,11)6-8-3-1-7(2-4-8)5-12-8/h7H,1-6H2,(H2,9,10,11). The van der Waals surface area contributed by atoms with Crippen LogP contribution in [-0.2, 0) is 14.8 Å². The summed E-state index contributed by atoms with van der Waals surface area (Å²) in [4.78, 5) is 0. The molecule has 13 heavy (non-hydrogen) atoms. The van der Waals surface area contributed by atoms with E-state index in [1.807, 2.05) is 0 Å². The lowest BCUT2D eigenvalue weighted by Crippen LogP contribution is -2.50. The van der Waals surface area contributed by atoms with Gasteiger partial charge in [-0.2, -0.15) is 0 Å². The Hall–Kier alpha value is -0.130. The molecule has 0 radical (unpaired) electrons. The van der Waals surface area contributed by atoms with E-state index in [1.165, 1.54) is 0 Å². The monoisotopic (exact) mass is 205 g/mol. The number of rotatable bonds is 2. The lowest BCUT2D eigenvalue weighted by Gasteiger charge is -2.45. The summed E-state index contributed by atoms with van der Waals surface area (Å²) in [7, 11) is -3.39. The molecule has 0 unspecified atom stereocenters. The Bertz CT molecular complexity index is 277. The molecule has 2 bridgehead atoms. The summed E-state index contributed by atoms with van der Waals surface area (Å²) in [5.74, 6) is 0.648. The first-order chi connectivity index (χ1) is 5.99. The van der Waals surface area contributed by atoms with Crippen molar-refractivity contribution in [2.75, 3.05) is 12.4 Å². The van der Waals surface area contributed by atoms with Crippen LogP contribution < -0.4 is 5.14 Å². The van der Waals surface area contributed by atoms with Crippen LogP contribution >= 0.6 is 0 Å². The van der Waals surface area contributed by atoms with Gasteiger partial charge in [-0.1, -0.05) is 0 Å². The van der Waals surface area contributed by atoms with Crippen molar-refractivity contribution in [3.05, 3.63) is 0 Å². The molecule has 0 aromatic rings. The zero-order chi connectivity index (χ0) is 9.53. The zero-order valence-corrected chi connectivity index (χ0v) is 8.35. The minimum Gasteiger partial charge on any atom is -0.374 e. The molecule has 0 atom stereocenters. The third-order valence-corrected chi connectivity index (χ3v) is 4.03. The van der Waals surface area contributed by atoms with E-state index in [9.17, 15) is 8.42 Å². The van der Waals surface area contributed by atoms with Crippen molar-refractivity contribution in [3.63, 3.8) is 0 Å². The molecule has 3 aliphatic rings. The highest BCUT2D eigenvalue weighted by Crippen LogP contribution is 2.41. The average Bonchev–Trinajstić information content (AvgIpc) is 2.03. The van der Waals surface area contributed by atoms with Gasteiger partial charge >= 0.3 is 0 Å². The van der Waals surface area contributed by atoms with E-state index >= 15 is 0 Å². The quantitative estimate of drug-likeness (QED) is 0.701. The number of sulfonamides is 1. The molecule has 0 amide bonds. The van der Waals surface area contributed by atoms with E-state index in [1.54, 1.807) is 0 Å². The SMILES string of the molecule is NS(=O)(=O)CC12CCC(CC1)CO2. The number of nitrogens with two attached hydrogens (primary N) is 1. The minimum atomic E-state index is -3.39. The van der Waals surface area contributed by atoms with Crippen LogP contribution in [0, 0.1) is 5.92 Å². The van der Waals surface area contributed by atoms with E-state index in [4.69, 9.17) is 9.88 Å². The lowest BCUT2D eigenvalue weighted by molar-refractivity contribution is -0.129. The number of fused-ring (bicyclic) bond motifs is 3. The first-order valence-electron chi connectivity index (χ1n) is 4.64. The van der Waals surface area contributed by atoms with Gasteiger partial charge in [0.15, 0.2) is 0 Å². The summed E-state index contributed by atoms with van der Waals surface area (Å²) in [6.45, 7) is 0.718. The second kappa shape index (κ2) is 2.93. The van der Waals surface area contributed by atoms with Crippen LogP contribution in [0.5, 0.6) is 0 Å². The summed E-state index contributed by atoms with van der Waals surface area (Å²) >= 11 is 0. The normalized spacial score (nSPS) is 39.3. The van der Waals surface area contributed by atoms with Crippen molar-refractivity contribution in [2.45, 2.75) is 31.3 Å². The van der Waals surface area contributed by atoms with Crippen molar-refractivity contribution in [1.29, 1.82) is 0 Å². The van der Waals surface area contributed by atoms with E-state index < -0.39 is 15.6 Å². The van der Waals surface area contributed by atoms with Gasteiger partial charge in [-0.05, 0) is 31.6 Å². The molecule has 2 heterocycles. The third kappa shape index (κ3) is 2.03. The van der Waals surface area contributed by atoms with Gasteiger partial charge in [0.25, 0.3) is 0 Å². The summed E-state index contributed by atoms with van der Waals surface area (Å²) in [6, 6.07) is 0. The summed E-state index contributed by atoms with van der Waals surface area (Å²) in [6.07, 6.45) is 3.90. The summed E-state index contributed by atoms with van der Waals surface area (Å²) in [5.41, 5.74) is -0.442. The van der Waals surface area contributed by atoms with Crippen molar-refractivity contribution in [2.24, 2.45) is 11.1 Å². The second-order valence-corrected chi connectivity index (χ2v) is 5.86. The van der Waals surface area contributed by atoms with Gasteiger partial charge in [-0.15, -0.1) is 0 Å². The van der Waals surface area contributed by atoms with E-state index in [0.29, 0.717) is 5.92 Å². The highest BCUT2D eigenvalue weighted by molar-refractivity contribution is 7.89. The molecule has 0 aromatic heterocycles. The van der Waals surface area contributed by atoms with Crippen LogP contribution in [0.4, 0.5) is 0 Å². The van der Waals surface area contributed by atoms with E-state index in [-0.39, 0.29) is 5.75 Å². The van der Waals surface area contributed by atoms with E-state index in [2.05, 4.69) is 0 Å². The molecular formula is C8H15NO3S. The maximum absolute atomic E-state index is 11.0. The highest BCUT2D eigenvalue weighted by atomic mass is 32.2. The first-order valence-corrected chi connectivity index (χ1v) is 6.35. The maximum Gasteiger partial charge on any atom is 0.211 e. The van der Waals surface area contributed by atoms with Gasteiger partial charge in [0.2, 0.25) is 10.0 Å². The molecule has 1 aliphatic carbocycles. The maximum atomic E-state index is 11.0. The molecule has 0 spiro atoms. The van der Waals surface area contributed by atoms with Gasteiger partial charge in [-0.3, -0.25) is 0 Å². The molecule has 5 heteroatoms. The molecule has 3 rings (SSSR count). The summed E-state index contributed by atoms with van der Waals surface area (Å²) < 4.78 is 27.5. The van der Waals surface area contributed by atoms with Gasteiger partial charge in [-0.25, -0.2) is 13.6 Å². The molecule has 0 aromatic carbocycles. The van der Waals surface area contributed by atoms with Crippen LogP contribution in [0.1, 0.15) is 25.7 Å². The third-order valence-electron chi connectivity index (χ3n) is 3.11. The number of hydrogen-bond donors (Lipinski definition) is 1. The van der Waals surface area contributed by atoms with Gasteiger partial charge in [0.1, 0.15) is 0 Å². The van der Waals surface area contributed by atoms with Gasteiger partial charge in [0, 0.05) is 0 Å². The van der Waals surface area contributed by atoms with Gasteiger partial charge in [0.05, 0.1) is 18.0 Å². The van der Waals surface area contributed by atoms with Crippen molar-refractivity contribution < 1.29 is 13.2 Å². The lowest BCUT2D eigenvalue weighted by atomic mass is 9.77. The van der Waals surface area contributed by atoms with Crippen molar-refractivity contribution >= 4 is 10.0 Å². The smallest absolute Gasteiger partial charge is 0.211 e. The Balaban J connectivity index is 2.11. The van der Waals surface area contributed by atoms with Crippen LogP contribution in [0.2, 0.25) is 0 Å². The molecule has 76 valence electrons. The van der Waals surface area contributed by atoms with Crippen molar-refractivity contribution in [1.82, 2.24) is 0 Å². The molecule has 2 aliphatic heterocycles. The fourth-order valence-corrected chi connectivity index (χ4v) is 3.47. The van der Waals surface area contributed by atoms with Gasteiger partial charge < -0.3 is 4.74 Å². The fraction of sp³-hybridized carbons (Fsp3) is 1.00. The first kappa shape index (κ1) is 9.43. The number of primary sulfonamides is 1. The van der Waals surface area contributed by atoms with E-state index in [0.717, 1.165) is 32.3 Å². The predicted octanol–water partition coefficient (Wildman–Crippen LogP) is 0.234. The van der Waals surface area contributed by atoms with Crippen molar-refractivity contribution in [3.8, 4) is 0 Å². The Morgan fingerprint density at radius 3 is 2.38 bits per heavy atom. The number of ether oxygens (including phenoxy) is 1. The topological polar surface area (TPSA) is 69.4 Å². The fourth-order valence-electron chi connectivity index (χ4n) is 2.36. The molecule has 2 saturated heterocycles. The average molecular weight is 205 g/mol. The Kier molecular flexibility index (Phi) is 2.13. The highest BCUT2D eigenvalue weighted by Gasteiger charge is 2.43. The Morgan fingerprint density at radius 2 is 2.00 bits per heavy atom. The molecule has 1 saturated carbocycles. The minimum absolute atomic E-state index is 0.00722. The predicted molar refractivity (Wildman–Crippen MR) is 48.6 cm³/mol. The van der Waals surface area contributed by atoms with Crippen LogP contribution in [0.25, 0.3) is 0 Å². The van der Waals surface area contributed by atoms with Crippen LogP contribution in [0.15, 0.2) is 0 Å². The Labute approximate surface area is 78.5 Å².